The summed E-state index contributed by atoms with van der Waals surface area (Å²) in [5.41, 5.74) is 0.539. The number of hydrogen-bond acceptors (Lipinski definition) is 8. The number of carboxylic acids is 2. The maximum absolute atomic E-state index is 11.6. The maximum Gasteiger partial charge on any atom is 0.337 e. The van der Waals surface area contributed by atoms with E-state index in [1.165, 1.54) is 48.9 Å². The first kappa shape index (κ1) is 28.4. The van der Waals surface area contributed by atoms with Gasteiger partial charge in [-0.3, -0.25) is 19.6 Å². The van der Waals surface area contributed by atoms with E-state index >= 15 is 0 Å². The topological polar surface area (TPSA) is 160 Å². The van der Waals surface area contributed by atoms with Crippen LogP contribution < -0.4 is 0 Å². The second-order valence-corrected chi connectivity index (χ2v) is 6.84. The molecule has 190 valence electrons. The molecule has 11 heteroatoms. The number of furan rings is 2. The van der Waals surface area contributed by atoms with Crippen LogP contribution in [-0.2, 0) is 16.5 Å². The normalized spacial score (nSPS) is 10.4. The Balaban J connectivity index is 0.000000253. The molecule has 4 rings (SSSR count). The number of aliphatic imine (C=N–C) groups is 2. The summed E-state index contributed by atoms with van der Waals surface area (Å²) in [6.07, 6.45) is 4.85. The molecular weight excluding hydrogens is 527 g/mol. The molecule has 0 spiro atoms. The van der Waals surface area contributed by atoms with E-state index in [9.17, 15) is 19.2 Å². The molecule has 0 amide bonds. The molecule has 2 aromatic heterocycles. The number of carbonyl (C=O) groups is 4. The van der Waals surface area contributed by atoms with Crippen LogP contribution in [0.4, 0.5) is 11.4 Å². The second kappa shape index (κ2) is 13.9. The molecule has 0 saturated heterocycles. The van der Waals surface area contributed by atoms with E-state index in [4.69, 9.17) is 19.0 Å². The third-order valence-corrected chi connectivity index (χ3v) is 4.44. The Morgan fingerprint density at radius 3 is 1.30 bits per heavy atom. The molecule has 0 aliphatic rings. The van der Waals surface area contributed by atoms with Crippen molar-refractivity contribution in [1.82, 2.24) is 0 Å². The molecule has 37 heavy (non-hydrogen) atoms. The summed E-state index contributed by atoms with van der Waals surface area (Å²) < 4.78 is 9.81. The summed E-state index contributed by atoms with van der Waals surface area (Å²) in [7, 11) is 0. The largest absolute Gasteiger partial charge is 0.478 e. The van der Waals surface area contributed by atoms with Gasteiger partial charge in [-0.05, 0) is 48.5 Å². The average molecular weight is 545 g/mol. The van der Waals surface area contributed by atoms with Gasteiger partial charge in [-0.25, -0.2) is 9.59 Å². The molecule has 0 bridgehead atoms. The molecule has 0 aliphatic heterocycles. The average Bonchev–Trinajstić information content (AvgIpc) is 3.61. The summed E-state index contributed by atoms with van der Waals surface area (Å²) in [6.45, 7) is 0. The van der Waals surface area contributed by atoms with Crippen LogP contribution in [0, 0.1) is 0 Å². The SMILES string of the molecule is O=C(C=Nc1ccccc1C(=O)O)c1ccco1.O=C(C=Nc1ccccc1C(=O)O)c1ccco1.[Ni]. The number of carbonyl (C=O) groups excluding carboxylic acids is 2. The molecule has 0 atom stereocenters. The Labute approximate surface area is 219 Å². The Bertz CT molecular complexity index is 1310. The van der Waals surface area contributed by atoms with Crippen molar-refractivity contribution in [1.29, 1.82) is 0 Å². The van der Waals surface area contributed by atoms with E-state index in [1.807, 2.05) is 0 Å². The molecule has 2 N–H and O–H groups in total. The minimum absolute atomic E-state index is 0. The number of nitrogens with zero attached hydrogens (tertiary/aromatic N) is 2. The van der Waals surface area contributed by atoms with E-state index in [2.05, 4.69) is 9.98 Å². The molecule has 0 unspecified atom stereocenters. The third-order valence-electron chi connectivity index (χ3n) is 4.44. The van der Waals surface area contributed by atoms with Gasteiger partial charge in [0.15, 0.2) is 11.5 Å². The molecule has 10 nitrogen and oxygen atoms in total. The number of hydrogen-bond donors (Lipinski definition) is 2. The summed E-state index contributed by atoms with van der Waals surface area (Å²) in [6, 6.07) is 18.6. The number of rotatable bonds is 8. The molecule has 2 aromatic carbocycles. The Kier molecular flexibility index (Phi) is 10.6. The van der Waals surface area contributed by atoms with E-state index in [-0.39, 0.29) is 50.5 Å². The van der Waals surface area contributed by atoms with Crippen LogP contribution in [0.25, 0.3) is 0 Å². The first-order chi connectivity index (χ1) is 17.4. The van der Waals surface area contributed by atoms with Gasteiger partial charge >= 0.3 is 11.9 Å². The van der Waals surface area contributed by atoms with E-state index in [1.54, 1.807) is 36.4 Å². The standard InChI is InChI=1S/2C13H9NO4.Ni/c2*15-11(12-6-3-7-18-12)8-14-10-5-2-1-4-9(10)13(16)17;/h2*1-8H,(H,16,17);. The summed E-state index contributed by atoms with van der Waals surface area (Å²) in [4.78, 5) is 52.7. The summed E-state index contributed by atoms with van der Waals surface area (Å²) in [5.74, 6) is -2.69. The van der Waals surface area contributed by atoms with Gasteiger partial charge < -0.3 is 19.0 Å². The first-order valence-electron chi connectivity index (χ1n) is 10.2. The zero-order valence-electron chi connectivity index (χ0n) is 18.8. The summed E-state index contributed by atoms with van der Waals surface area (Å²) in [5, 5.41) is 17.9. The molecule has 0 fully saturated rings. The van der Waals surface area contributed by atoms with Crippen LogP contribution in [0.5, 0.6) is 0 Å². The van der Waals surface area contributed by atoms with Crippen LogP contribution in [0.15, 0.2) is 104 Å². The van der Waals surface area contributed by atoms with Crippen LogP contribution in [0.3, 0.4) is 0 Å². The van der Waals surface area contributed by atoms with Crippen molar-refractivity contribution in [3.05, 3.63) is 108 Å². The predicted octanol–water partition coefficient (Wildman–Crippen LogP) is 5.12. The van der Waals surface area contributed by atoms with Crippen molar-refractivity contribution in [2.75, 3.05) is 0 Å². The van der Waals surface area contributed by atoms with Gasteiger partial charge in [0, 0.05) is 16.5 Å². The molecule has 0 radical (unpaired) electrons. The zero-order chi connectivity index (χ0) is 25.9. The smallest absolute Gasteiger partial charge is 0.337 e. The first-order valence-corrected chi connectivity index (χ1v) is 10.2. The fourth-order valence-electron chi connectivity index (χ4n) is 2.76. The Hall–Kier alpha value is -4.89. The van der Waals surface area contributed by atoms with Gasteiger partial charge in [-0.2, -0.15) is 0 Å². The molecular formula is C26H18N2NiO8. The van der Waals surface area contributed by atoms with Crippen LogP contribution >= 0.6 is 0 Å². The Morgan fingerprint density at radius 1 is 0.595 bits per heavy atom. The van der Waals surface area contributed by atoms with Gasteiger partial charge in [0.1, 0.15) is 0 Å². The number of ketones is 2. The van der Waals surface area contributed by atoms with Gasteiger partial charge in [-0.15, -0.1) is 0 Å². The number of benzene rings is 2. The van der Waals surface area contributed by atoms with Gasteiger partial charge in [-0.1, -0.05) is 24.3 Å². The van der Waals surface area contributed by atoms with Crippen molar-refractivity contribution in [2.45, 2.75) is 0 Å². The quantitative estimate of drug-likeness (QED) is 0.175. The number of para-hydroxylation sites is 2. The van der Waals surface area contributed by atoms with Gasteiger partial charge in [0.05, 0.1) is 47.5 Å². The van der Waals surface area contributed by atoms with Gasteiger partial charge in [0.2, 0.25) is 11.6 Å². The van der Waals surface area contributed by atoms with Crippen molar-refractivity contribution >= 4 is 47.3 Å². The van der Waals surface area contributed by atoms with Crippen LogP contribution in [0.1, 0.15) is 41.8 Å². The van der Waals surface area contributed by atoms with Crippen LogP contribution in [-0.4, -0.2) is 46.1 Å². The van der Waals surface area contributed by atoms with Crippen molar-refractivity contribution in [3.8, 4) is 0 Å². The van der Waals surface area contributed by atoms with Crippen molar-refractivity contribution in [3.63, 3.8) is 0 Å². The molecule has 0 saturated carbocycles. The molecule has 0 aliphatic carbocycles. The number of carboxylic acid groups (broad SMARTS) is 2. The fraction of sp³-hybridized carbons (Fsp3) is 0. The maximum atomic E-state index is 11.6. The minimum Gasteiger partial charge on any atom is -0.478 e. The second-order valence-electron chi connectivity index (χ2n) is 6.84. The fourth-order valence-corrected chi connectivity index (χ4v) is 2.76. The molecule has 2 heterocycles. The van der Waals surface area contributed by atoms with E-state index in [0.29, 0.717) is 0 Å². The van der Waals surface area contributed by atoms with E-state index in [0.717, 1.165) is 12.4 Å². The van der Waals surface area contributed by atoms with Crippen LogP contribution in [0.2, 0.25) is 0 Å². The predicted molar refractivity (Wildman–Crippen MR) is 129 cm³/mol. The molecule has 4 aromatic rings. The number of aromatic carboxylic acids is 2. The van der Waals surface area contributed by atoms with Crippen molar-refractivity contribution < 1.29 is 54.7 Å². The zero-order valence-corrected chi connectivity index (χ0v) is 19.8. The summed E-state index contributed by atoms with van der Waals surface area (Å²) >= 11 is 0. The van der Waals surface area contributed by atoms with Crippen molar-refractivity contribution in [2.24, 2.45) is 9.98 Å². The third kappa shape index (κ3) is 8.08. The minimum atomic E-state index is -1.09. The number of Topliss-reactive ketones (excluding diaryl/α,β-unsaturated/α-hetero) is 2. The Morgan fingerprint density at radius 2 is 0.973 bits per heavy atom. The van der Waals surface area contributed by atoms with Gasteiger partial charge in [0.25, 0.3) is 0 Å². The van der Waals surface area contributed by atoms with E-state index < -0.39 is 23.5 Å². The monoisotopic (exact) mass is 544 g/mol.